The Bertz CT molecular complexity index is 232. The molecule has 0 aromatic rings. The minimum Gasteiger partial charge on any atom is -0.409 e. The van der Waals surface area contributed by atoms with Crippen molar-refractivity contribution < 1.29 is 5.21 Å². The maximum absolute atomic E-state index is 8.66. The number of rotatable bonds is 11. The lowest BCUT2D eigenvalue weighted by atomic mass is 9.86. The maximum Gasteiger partial charge on any atom is 0.144 e. The zero-order valence-electron chi connectivity index (χ0n) is 12.0. The van der Waals surface area contributed by atoms with Gasteiger partial charge in [-0.05, 0) is 50.8 Å². The van der Waals surface area contributed by atoms with E-state index >= 15 is 0 Å². The predicted molar refractivity (Wildman–Crippen MR) is 81.5 cm³/mol. The van der Waals surface area contributed by atoms with Crippen molar-refractivity contribution in [1.82, 2.24) is 5.32 Å². The number of nitrogens with zero attached hydrogens (tertiary/aromatic N) is 1. The van der Waals surface area contributed by atoms with Crippen LogP contribution in [0.4, 0.5) is 0 Å². The second-order valence-corrected chi connectivity index (χ2v) is 6.26. The molecule has 0 spiro atoms. The van der Waals surface area contributed by atoms with Crippen LogP contribution in [-0.4, -0.2) is 36.1 Å². The second-order valence-electron chi connectivity index (χ2n) is 5.28. The Morgan fingerprint density at radius 1 is 1.22 bits per heavy atom. The molecule has 0 aromatic carbocycles. The monoisotopic (exact) mass is 275 g/mol. The van der Waals surface area contributed by atoms with Gasteiger partial charge in [0.05, 0.1) is 0 Å². The molecule has 0 rings (SSSR count). The third-order valence-corrected chi connectivity index (χ3v) is 3.86. The van der Waals surface area contributed by atoms with E-state index in [1.807, 2.05) is 25.6 Å². The number of nitrogens with two attached hydrogens (primary N) is 1. The predicted octanol–water partition coefficient (Wildman–Crippen LogP) is 2.66. The first-order valence-electron chi connectivity index (χ1n) is 6.72. The highest BCUT2D eigenvalue weighted by molar-refractivity contribution is 7.98. The minimum atomic E-state index is -0.214. The lowest BCUT2D eigenvalue weighted by molar-refractivity contribution is 0.304. The zero-order valence-corrected chi connectivity index (χ0v) is 12.9. The topological polar surface area (TPSA) is 70.6 Å². The maximum atomic E-state index is 8.66. The van der Waals surface area contributed by atoms with Gasteiger partial charge in [0, 0.05) is 5.41 Å². The van der Waals surface area contributed by atoms with Gasteiger partial charge in [0.1, 0.15) is 5.84 Å². The fraction of sp³-hybridized carbons (Fsp3) is 0.923. The molecule has 0 heterocycles. The summed E-state index contributed by atoms with van der Waals surface area (Å²) < 4.78 is 0. The SMILES string of the molecule is CSCCCCCNCCCC(C)(C)C(N)=NO. The largest absolute Gasteiger partial charge is 0.409 e. The molecule has 0 saturated heterocycles. The van der Waals surface area contributed by atoms with Gasteiger partial charge < -0.3 is 16.3 Å². The first kappa shape index (κ1) is 17.6. The van der Waals surface area contributed by atoms with Gasteiger partial charge in [0.2, 0.25) is 0 Å². The molecule has 4 N–H and O–H groups in total. The Morgan fingerprint density at radius 2 is 1.89 bits per heavy atom. The van der Waals surface area contributed by atoms with E-state index in [1.54, 1.807) is 0 Å². The summed E-state index contributed by atoms with van der Waals surface area (Å²) in [5, 5.41) is 15.2. The van der Waals surface area contributed by atoms with Gasteiger partial charge in [0.15, 0.2) is 0 Å². The molecule has 0 atom stereocenters. The molecule has 0 radical (unpaired) electrons. The molecule has 0 aliphatic carbocycles. The first-order chi connectivity index (χ1) is 8.54. The van der Waals surface area contributed by atoms with E-state index in [2.05, 4.69) is 16.7 Å². The summed E-state index contributed by atoms with van der Waals surface area (Å²) in [6.45, 7) is 6.11. The number of hydrogen-bond acceptors (Lipinski definition) is 4. The van der Waals surface area contributed by atoms with Crippen molar-refractivity contribution >= 4 is 17.6 Å². The van der Waals surface area contributed by atoms with E-state index < -0.39 is 0 Å². The summed E-state index contributed by atoms with van der Waals surface area (Å²) in [4.78, 5) is 0. The van der Waals surface area contributed by atoms with Gasteiger partial charge in [-0.15, -0.1) is 0 Å². The van der Waals surface area contributed by atoms with Gasteiger partial charge in [-0.25, -0.2) is 0 Å². The van der Waals surface area contributed by atoms with Crippen LogP contribution in [0.3, 0.4) is 0 Å². The highest BCUT2D eigenvalue weighted by atomic mass is 32.2. The molecule has 0 bridgehead atoms. The third-order valence-electron chi connectivity index (χ3n) is 3.16. The number of unbranched alkanes of at least 4 members (excludes halogenated alkanes) is 2. The highest BCUT2D eigenvalue weighted by Crippen LogP contribution is 2.21. The summed E-state index contributed by atoms with van der Waals surface area (Å²) in [5.41, 5.74) is 5.42. The van der Waals surface area contributed by atoms with Crippen molar-refractivity contribution in [2.75, 3.05) is 25.1 Å². The fourth-order valence-corrected chi connectivity index (χ4v) is 2.21. The summed E-state index contributed by atoms with van der Waals surface area (Å²) in [5.74, 6) is 1.59. The molecular weight excluding hydrogens is 246 g/mol. The number of oxime groups is 1. The van der Waals surface area contributed by atoms with Crippen molar-refractivity contribution in [1.29, 1.82) is 0 Å². The van der Waals surface area contributed by atoms with Gasteiger partial charge in [-0.2, -0.15) is 11.8 Å². The van der Waals surface area contributed by atoms with Crippen LogP contribution in [0.15, 0.2) is 5.16 Å². The summed E-state index contributed by atoms with van der Waals surface area (Å²) in [7, 11) is 0. The Kier molecular flexibility index (Phi) is 10.3. The molecule has 0 aliphatic rings. The van der Waals surface area contributed by atoms with Crippen LogP contribution in [0.1, 0.15) is 46.0 Å². The molecule has 0 amide bonds. The summed E-state index contributed by atoms with van der Waals surface area (Å²) in [6.07, 6.45) is 8.02. The first-order valence-corrected chi connectivity index (χ1v) is 8.11. The van der Waals surface area contributed by atoms with Crippen LogP contribution < -0.4 is 11.1 Å². The number of hydrogen-bond donors (Lipinski definition) is 3. The van der Waals surface area contributed by atoms with E-state index in [4.69, 9.17) is 10.9 Å². The van der Waals surface area contributed by atoms with Crippen LogP contribution in [0.5, 0.6) is 0 Å². The average Bonchev–Trinajstić information content (AvgIpc) is 2.35. The Morgan fingerprint density at radius 3 is 2.50 bits per heavy atom. The standard InChI is InChI=1S/C13H29N3OS/c1-13(2,12(14)16-17)8-7-10-15-9-5-4-6-11-18-3/h15,17H,4-11H2,1-3H3,(H2,14,16). The van der Waals surface area contributed by atoms with E-state index in [1.165, 1.54) is 25.0 Å². The second kappa shape index (κ2) is 10.5. The molecule has 0 saturated carbocycles. The van der Waals surface area contributed by atoms with Gasteiger partial charge in [-0.3, -0.25) is 0 Å². The Balaban J connectivity index is 3.40. The van der Waals surface area contributed by atoms with Gasteiger partial charge >= 0.3 is 0 Å². The lowest BCUT2D eigenvalue weighted by Crippen LogP contribution is -2.32. The average molecular weight is 275 g/mol. The van der Waals surface area contributed by atoms with E-state index in [0.717, 1.165) is 25.9 Å². The molecule has 4 nitrogen and oxygen atoms in total. The van der Waals surface area contributed by atoms with Crippen molar-refractivity contribution in [3.63, 3.8) is 0 Å². The smallest absolute Gasteiger partial charge is 0.144 e. The molecule has 0 fully saturated rings. The molecular formula is C13H29N3OS. The normalized spacial score (nSPS) is 12.9. The van der Waals surface area contributed by atoms with Crippen molar-refractivity contribution in [3.8, 4) is 0 Å². The Labute approximate surface area is 116 Å². The van der Waals surface area contributed by atoms with Crippen LogP contribution in [-0.2, 0) is 0 Å². The van der Waals surface area contributed by atoms with E-state index in [0.29, 0.717) is 5.84 Å². The van der Waals surface area contributed by atoms with E-state index in [9.17, 15) is 0 Å². The Hall–Kier alpha value is -0.420. The number of thioether (sulfide) groups is 1. The lowest BCUT2D eigenvalue weighted by Gasteiger charge is -2.22. The van der Waals surface area contributed by atoms with Crippen LogP contribution in [0.2, 0.25) is 0 Å². The number of amidine groups is 1. The zero-order chi connectivity index (χ0) is 13.9. The van der Waals surface area contributed by atoms with Crippen molar-refractivity contribution in [2.24, 2.45) is 16.3 Å². The summed E-state index contributed by atoms with van der Waals surface area (Å²) in [6, 6.07) is 0. The molecule has 5 heteroatoms. The van der Waals surface area contributed by atoms with Crippen LogP contribution in [0.25, 0.3) is 0 Å². The van der Waals surface area contributed by atoms with Gasteiger partial charge in [0.25, 0.3) is 0 Å². The molecule has 0 aliphatic heterocycles. The quantitative estimate of drug-likeness (QED) is 0.178. The summed E-state index contributed by atoms with van der Waals surface area (Å²) >= 11 is 1.92. The minimum absolute atomic E-state index is 0.214. The van der Waals surface area contributed by atoms with Crippen molar-refractivity contribution in [3.05, 3.63) is 0 Å². The van der Waals surface area contributed by atoms with Gasteiger partial charge in [-0.1, -0.05) is 25.4 Å². The molecule has 18 heavy (non-hydrogen) atoms. The number of nitrogens with one attached hydrogen (secondary N) is 1. The van der Waals surface area contributed by atoms with Crippen molar-refractivity contribution in [2.45, 2.75) is 46.0 Å². The third kappa shape index (κ3) is 8.64. The van der Waals surface area contributed by atoms with E-state index in [-0.39, 0.29) is 5.41 Å². The molecule has 0 unspecified atom stereocenters. The fourth-order valence-electron chi connectivity index (χ4n) is 1.72. The van der Waals surface area contributed by atoms with Crippen LogP contribution >= 0.6 is 11.8 Å². The molecule has 0 aromatic heterocycles. The highest BCUT2D eigenvalue weighted by Gasteiger charge is 2.22. The van der Waals surface area contributed by atoms with Crippen LogP contribution in [0, 0.1) is 5.41 Å². The molecule has 108 valence electrons.